The summed E-state index contributed by atoms with van der Waals surface area (Å²) < 4.78 is 13.3. The van der Waals surface area contributed by atoms with E-state index in [4.69, 9.17) is 0 Å². The third-order valence-electron chi connectivity index (χ3n) is 2.15. The summed E-state index contributed by atoms with van der Waals surface area (Å²) in [4.78, 5) is 15.6. The second kappa shape index (κ2) is 5.14. The highest BCUT2D eigenvalue weighted by molar-refractivity contribution is 9.10. The fourth-order valence-electron chi connectivity index (χ4n) is 1.33. The fraction of sp³-hybridized carbons (Fsp3) is 0. The zero-order chi connectivity index (χ0) is 13.1. The van der Waals surface area contributed by atoms with Crippen molar-refractivity contribution in [2.24, 2.45) is 0 Å². The Morgan fingerprint density at radius 1 is 1.33 bits per heavy atom. The van der Waals surface area contributed by atoms with Gasteiger partial charge in [0.1, 0.15) is 11.6 Å². The number of benzene rings is 1. The maximum Gasteiger partial charge on any atom is 0.278 e. The van der Waals surface area contributed by atoms with Crippen LogP contribution in [-0.2, 0) is 0 Å². The molecular formula is C12H8BrFN2O2. The van der Waals surface area contributed by atoms with Crippen LogP contribution in [0.4, 0.5) is 10.1 Å². The SMILES string of the molecule is O=C(Nc1ccc(F)cc1)c1ncc(Br)cc1O. The number of rotatable bonds is 2. The molecule has 0 unspecified atom stereocenters. The summed E-state index contributed by atoms with van der Waals surface area (Å²) in [6, 6.07) is 6.66. The Morgan fingerprint density at radius 2 is 2.00 bits per heavy atom. The fourth-order valence-corrected chi connectivity index (χ4v) is 1.65. The molecule has 18 heavy (non-hydrogen) atoms. The Labute approximate surface area is 111 Å². The number of carbonyl (C=O) groups excluding carboxylic acids is 1. The molecule has 0 spiro atoms. The number of pyridine rings is 1. The van der Waals surface area contributed by atoms with Crippen LogP contribution in [0.15, 0.2) is 41.0 Å². The van der Waals surface area contributed by atoms with Crippen molar-refractivity contribution in [2.45, 2.75) is 0 Å². The summed E-state index contributed by atoms with van der Waals surface area (Å²) in [5.74, 6) is -1.19. The standard InChI is InChI=1S/C12H8BrFN2O2/c13-7-5-10(17)11(15-6-7)12(18)16-9-3-1-8(14)2-4-9/h1-6,17H,(H,16,18). The van der Waals surface area contributed by atoms with Crippen molar-refractivity contribution in [2.75, 3.05) is 5.32 Å². The van der Waals surface area contributed by atoms with E-state index in [2.05, 4.69) is 26.2 Å². The molecule has 1 heterocycles. The van der Waals surface area contributed by atoms with Gasteiger partial charge in [0.25, 0.3) is 5.91 Å². The van der Waals surface area contributed by atoms with Crippen molar-refractivity contribution in [3.8, 4) is 5.75 Å². The minimum Gasteiger partial charge on any atom is -0.505 e. The molecule has 0 aliphatic heterocycles. The van der Waals surface area contributed by atoms with Crippen molar-refractivity contribution < 1.29 is 14.3 Å². The average molecular weight is 311 g/mol. The lowest BCUT2D eigenvalue weighted by Crippen LogP contribution is -2.13. The molecule has 2 rings (SSSR count). The largest absolute Gasteiger partial charge is 0.505 e. The third-order valence-corrected chi connectivity index (χ3v) is 2.59. The molecule has 2 aromatic rings. The maximum absolute atomic E-state index is 12.7. The molecule has 0 atom stereocenters. The van der Waals surface area contributed by atoms with Gasteiger partial charge in [-0.05, 0) is 46.3 Å². The van der Waals surface area contributed by atoms with Gasteiger partial charge in [-0.3, -0.25) is 4.79 Å². The molecular weight excluding hydrogens is 303 g/mol. The van der Waals surface area contributed by atoms with Crippen molar-refractivity contribution in [3.63, 3.8) is 0 Å². The Balaban J connectivity index is 2.19. The number of nitrogens with zero attached hydrogens (tertiary/aromatic N) is 1. The molecule has 92 valence electrons. The topological polar surface area (TPSA) is 62.2 Å². The Bertz CT molecular complexity index is 587. The summed E-state index contributed by atoms with van der Waals surface area (Å²) in [5, 5.41) is 12.1. The smallest absolute Gasteiger partial charge is 0.278 e. The van der Waals surface area contributed by atoms with Gasteiger partial charge in [-0.25, -0.2) is 9.37 Å². The van der Waals surface area contributed by atoms with Gasteiger partial charge in [-0.15, -0.1) is 0 Å². The molecule has 6 heteroatoms. The molecule has 0 radical (unpaired) electrons. The molecule has 0 bridgehead atoms. The second-order valence-electron chi connectivity index (χ2n) is 3.48. The number of anilines is 1. The summed E-state index contributed by atoms with van der Waals surface area (Å²) in [7, 11) is 0. The van der Waals surface area contributed by atoms with Crippen LogP contribution < -0.4 is 5.32 Å². The quantitative estimate of drug-likeness (QED) is 0.896. The van der Waals surface area contributed by atoms with Crippen LogP contribution in [0.25, 0.3) is 0 Å². The number of halogens is 2. The second-order valence-corrected chi connectivity index (χ2v) is 4.40. The van der Waals surface area contributed by atoms with Gasteiger partial charge in [-0.1, -0.05) is 0 Å². The van der Waals surface area contributed by atoms with Gasteiger partial charge in [0.15, 0.2) is 5.69 Å². The molecule has 0 fully saturated rings. The molecule has 1 aromatic carbocycles. The van der Waals surface area contributed by atoms with Crippen LogP contribution in [0.2, 0.25) is 0 Å². The first-order chi connectivity index (χ1) is 8.56. The molecule has 1 amide bonds. The van der Waals surface area contributed by atoms with Gasteiger partial charge in [0, 0.05) is 16.4 Å². The van der Waals surface area contributed by atoms with E-state index in [1.54, 1.807) is 0 Å². The van der Waals surface area contributed by atoms with Crippen LogP contribution in [-0.4, -0.2) is 16.0 Å². The zero-order valence-corrected chi connectivity index (χ0v) is 10.6. The minimum absolute atomic E-state index is 0.0949. The molecule has 1 aromatic heterocycles. The first-order valence-corrected chi connectivity index (χ1v) is 5.77. The van der Waals surface area contributed by atoms with Crippen LogP contribution in [0.5, 0.6) is 5.75 Å². The molecule has 4 nitrogen and oxygen atoms in total. The number of hydrogen-bond donors (Lipinski definition) is 2. The van der Waals surface area contributed by atoms with Crippen LogP contribution in [0.1, 0.15) is 10.5 Å². The lowest BCUT2D eigenvalue weighted by atomic mass is 10.2. The van der Waals surface area contributed by atoms with E-state index in [-0.39, 0.29) is 11.4 Å². The number of hydrogen-bond acceptors (Lipinski definition) is 3. The van der Waals surface area contributed by atoms with E-state index in [0.29, 0.717) is 10.2 Å². The van der Waals surface area contributed by atoms with Crippen LogP contribution >= 0.6 is 15.9 Å². The maximum atomic E-state index is 12.7. The van der Waals surface area contributed by atoms with E-state index >= 15 is 0 Å². The van der Waals surface area contributed by atoms with E-state index in [1.165, 1.54) is 36.5 Å². The van der Waals surface area contributed by atoms with E-state index in [1.807, 2.05) is 0 Å². The third kappa shape index (κ3) is 2.84. The Hall–Kier alpha value is -1.95. The monoisotopic (exact) mass is 310 g/mol. The number of nitrogens with one attached hydrogen (secondary N) is 1. The van der Waals surface area contributed by atoms with Crippen molar-refractivity contribution >= 4 is 27.5 Å². The normalized spacial score (nSPS) is 10.1. The first kappa shape index (κ1) is 12.5. The highest BCUT2D eigenvalue weighted by Crippen LogP contribution is 2.20. The number of aromatic hydroxyl groups is 1. The van der Waals surface area contributed by atoms with Gasteiger partial charge in [0.05, 0.1) is 0 Å². The van der Waals surface area contributed by atoms with Crippen molar-refractivity contribution in [1.82, 2.24) is 4.98 Å². The lowest BCUT2D eigenvalue weighted by Gasteiger charge is -2.06. The zero-order valence-electron chi connectivity index (χ0n) is 9.02. The van der Waals surface area contributed by atoms with Crippen LogP contribution in [0.3, 0.4) is 0 Å². The van der Waals surface area contributed by atoms with Gasteiger partial charge in [0.2, 0.25) is 0 Å². The van der Waals surface area contributed by atoms with Gasteiger partial charge >= 0.3 is 0 Å². The van der Waals surface area contributed by atoms with Crippen LogP contribution in [0, 0.1) is 5.82 Å². The van der Waals surface area contributed by atoms with Gasteiger partial charge < -0.3 is 10.4 Å². The predicted molar refractivity (Wildman–Crippen MR) is 68.0 cm³/mol. The Kier molecular flexibility index (Phi) is 3.57. The Morgan fingerprint density at radius 3 is 2.61 bits per heavy atom. The predicted octanol–water partition coefficient (Wildman–Crippen LogP) is 2.94. The average Bonchev–Trinajstić information content (AvgIpc) is 2.32. The van der Waals surface area contributed by atoms with Crippen molar-refractivity contribution in [3.05, 3.63) is 52.5 Å². The molecule has 0 aliphatic rings. The molecule has 2 N–H and O–H groups in total. The highest BCUT2D eigenvalue weighted by atomic mass is 79.9. The summed E-state index contributed by atoms with van der Waals surface area (Å²) in [5.41, 5.74) is 0.327. The highest BCUT2D eigenvalue weighted by Gasteiger charge is 2.13. The molecule has 0 aliphatic carbocycles. The first-order valence-electron chi connectivity index (χ1n) is 4.97. The van der Waals surface area contributed by atoms with Crippen molar-refractivity contribution in [1.29, 1.82) is 0 Å². The number of carbonyl (C=O) groups is 1. The summed E-state index contributed by atoms with van der Waals surface area (Å²) in [6.45, 7) is 0. The number of amides is 1. The van der Waals surface area contributed by atoms with Gasteiger partial charge in [-0.2, -0.15) is 0 Å². The summed E-state index contributed by atoms with van der Waals surface area (Å²) in [6.07, 6.45) is 1.40. The molecule has 0 saturated carbocycles. The number of aromatic nitrogens is 1. The van der Waals surface area contributed by atoms with E-state index in [0.717, 1.165) is 0 Å². The minimum atomic E-state index is -0.563. The lowest BCUT2D eigenvalue weighted by molar-refractivity contribution is 0.101. The molecule has 0 saturated heterocycles. The summed E-state index contributed by atoms with van der Waals surface area (Å²) >= 11 is 3.12. The van der Waals surface area contributed by atoms with E-state index in [9.17, 15) is 14.3 Å². The van der Waals surface area contributed by atoms with E-state index < -0.39 is 11.7 Å².